The summed E-state index contributed by atoms with van der Waals surface area (Å²) in [6.07, 6.45) is 0. The number of fused-ring (bicyclic) bond motifs is 1. The molecule has 0 aliphatic rings. The number of nitrogens with zero attached hydrogens (tertiary/aromatic N) is 2. The number of carboxylic acids is 1. The Labute approximate surface area is 115 Å². The lowest BCUT2D eigenvalue weighted by atomic mass is 10.1. The first-order valence-corrected chi connectivity index (χ1v) is 6.43. The van der Waals surface area contributed by atoms with Crippen LogP contribution in [0.4, 0.5) is 8.78 Å². The zero-order chi connectivity index (χ0) is 14.3. The van der Waals surface area contributed by atoms with Crippen molar-refractivity contribution in [3.63, 3.8) is 0 Å². The van der Waals surface area contributed by atoms with E-state index in [-0.39, 0.29) is 22.2 Å². The Bertz CT molecular complexity index is 819. The molecule has 20 heavy (non-hydrogen) atoms. The van der Waals surface area contributed by atoms with Crippen molar-refractivity contribution in [1.29, 1.82) is 0 Å². The first-order chi connectivity index (χ1) is 9.58. The molecule has 0 unspecified atom stereocenters. The van der Waals surface area contributed by atoms with Gasteiger partial charge < -0.3 is 5.11 Å². The van der Waals surface area contributed by atoms with Crippen LogP contribution in [0.15, 0.2) is 29.1 Å². The highest BCUT2D eigenvalue weighted by Crippen LogP contribution is 2.28. The number of halogens is 2. The number of carbonyl (C=O) groups is 1. The molecule has 0 radical (unpaired) electrons. The van der Waals surface area contributed by atoms with Crippen molar-refractivity contribution in [1.82, 2.24) is 9.97 Å². The Balaban J connectivity index is 2.43. The van der Waals surface area contributed by atoms with Crippen LogP contribution in [0.25, 0.3) is 22.3 Å². The van der Waals surface area contributed by atoms with Crippen molar-refractivity contribution in [2.75, 3.05) is 0 Å². The van der Waals surface area contributed by atoms with Crippen LogP contribution in [-0.4, -0.2) is 21.0 Å². The summed E-state index contributed by atoms with van der Waals surface area (Å²) < 4.78 is 27.6. The molecule has 2 heterocycles. The van der Waals surface area contributed by atoms with Crippen molar-refractivity contribution in [2.45, 2.75) is 0 Å². The Hall–Kier alpha value is -2.41. The number of thiazole rings is 1. The molecule has 2 aromatic heterocycles. The van der Waals surface area contributed by atoms with E-state index in [1.807, 2.05) is 0 Å². The normalized spacial score (nSPS) is 10.9. The summed E-state index contributed by atoms with van der Waals surface area (Å²) >= 11 is 1.30. The molecule has 1 aromatic carbocycles. The van der Waals surface area contributed by atoms with E-state index in [2.05, 4.69) is 9.97 Å². The second-order valence-corrected chi connectivity index (χ2v) is 4.71. The van der Waals surface area contributed by atoms with Crippen LogP contribution in [0.1, 0.15) is 10.4 Å². The Morgan fingerprint density at radius 2 is 1.95 bits per heavy atom. The van der Waals surface area contributed by atoms with E-state index in [1.54, 1.807) is 10.9 Å². The highest BCUT2D eigenvalue weighted by Gasteiger charge is 2.19. The number of hydrogen-bond acceptors (Lipinski definition) is 4. The van der Waals surface area contributed by atoms with E-state index in [4.69, 9.17) is 0 Å². The van der Waals surface area contributed by atoms with Gasteiger partial charge in [-0.15, -0.1) is 11.3 Å². The zero-order valence-electron chi connectivity index (χ0n) is 9.80. The molecular weight excluding hydrogens is 286 g/mol. The molecule has 1 N–H and O–H groups in total. The van der Waals surface area contributed by atoms with Crippen molar-refractivity contribution >= 4 is 28.2 Å². The molecule has 0 bridgehead atoms. The van der Waals surface area contributed by atoms with Crippen LogP contribution in [-0.2, 0) is 0 Å². The Kier molecular flexibility index (Phi) is 2.90. The summed E-state index contributed by atoms with van der Waals surface area (Å²) in [5, 5.41) is 10.5. The molecule has 0 fully saturated rings. The van der Waals surface area contributed by atoms with Crippen LogP contribution in [0.5, 0.6) is 0 Å². The summed E-state index contributed by atoms with van der Waals surface area (Å²) in [7, 11) is 0. The monoisotopic (exact) mass is 292 g/mol. The van der Waals surface area contributed by atoms with Gasteiger partial charge in [-0.3, -0.25) is 0 Å². The molecule has 0 atom stereocenters. The smallest absolute Gasteiger partial charge is 0.336 e. The van der Waals surface area contributed by atoms with Gasteiger partial charge in [0.2, 0.25) is 0 Å². The lowest BCUT2D eigenvalue weighted by Gasteiger charge is -2.07. The van der Waals surface area contributed by atoms with E-state index in [0.29, 0.717) is 5.69 Å². The second kappa shape index (κ2) is 4.61. The van der Waals surface area contributed by atoms with E-state index < -0.39 is 17.6 Å². The molecule has 3 aromatic rings. The Morgan fingerprint density at radius 1 is 1.20 bits per heavy atom. The van der Waals surface area contributed by atoms with Crippen LogP contribution in [0.2, 0.25) is 0 Å². The average Bonchev–Trinajstić information content (AvgIpc) is 2.96. The fourth-order valence-electron chi connectivity index (χ4n) is 1.91. The molecule has 7 heteroatoms. The van der Waals surface area contributed by atoms with E-state index in [0.717, 1.165) is 12.1 Å². The summed E-state index contributed by atoms with van der Waals surface area (Å²) in [6.45, 7) is 0. The number of aromatic nitrogens is 2. The number of pyridine rings is 1. The summed E-state index contributed by atoms with van der Waals surface area (Å²) in [5.41, 5.74) is 1.51. The highest BCUT2D eigenvalue weighted by molar-refractivity contribution is 7.07. The summed E-state index contributed by atoms with van der Waals surface area (Å²) in [6, 6.07) is 3.00. The topological polar surface area (TPSA) is 63.1 Å². The third kappa shape index (κ3) is 1.92. The highest BCUT2D eigenvalue weighted by atomic mass is 32.1. The van der Waals surface area contributed by atoms with Gasteiger partial charge in [-0.05, 0) is 18.2 Å². The molecule has 4 nitrogen and oxygen atoms in total. The molecule has 0 amide bonds. The lowest BCUT2D eigenvalue weighted by molar-refractivity contribution is 0.0698. The third-order valence-electron chi connectivity index (χ3n) is 2.79. The van der Waals surface area contributed by atoms with Gasteiger partial charge in [0, 0.05) is 5.38 Å². The maximum atomic E-state index is 13.8. The first kappa shape index (κ1) is 12.6. The van der Waals surface area contributed by atoms with Crippen molar-refractivity contribution in [3.05, 3.63) is 46.3 Å². The summed E-state index contributed by atoms with van der Waals surface area (Å²) in [4.78, 5) is 19.2. The van der Waals surface area contributed by atoms with Gasteiger partial charge in [-0.1, -0.05) is 0 Å². The van der Waals surface area contributed by atoms with Gasteiger partial charge in [-0.2, -0.15) is 0 Å². The van der Waals surface area contributed by atoms with Crippen LogP contribution in [0, 0.1) is 11.6 Å². The molecule has 0 saturated heterocycles. The van der Waals surface area contributed by atoms with Gasteiger partial charge in [0.15, 0.2) is 0 Å². The Morgan fingerprint density at radius 3 is 2.60 bits per heavy atom. The van der Waals surface area contributed by atoms with Gasteiger partial charge in [0.25, 0.3) is 0 Å². The minimum Gasteiger partial charge on any atom is -0.478 e. The van der Waals surface area contributed by atoms with Gasteiger partial charge >= 0.3 is 5.97 Å². The molecule has 0 saturated carbocycles. The predicted molar refractivity (Wildman–Crippen MR) is 69.7 cm³/mol. The SMILES string of the molecule is O=C(O)c1cc(-c2cscn2)nc2c(F)ccc(F)c12. The van der Waals surface area contributed by atoms with Crippen molar-refractivity contribution < 1.29 is 18.7 Å². The van der Waals surface area contributed by atoms with Gasteiger partial charge in [0.05, 0.1) is 27.8 Å². The fraction of sp³-hybridized carbons (Fsp3) is 0. The van der Waals surface area contributed by atoms with Crippen molar-refractivity contribution in [3.8, 4) is 11.4 Å². The number of rotatable bonds is 2. The minimum atomic E-state index is -1.35. The van der Waals surface area contributed by atoms with E-state index in [1.165, 1.54) is 17.4 Å². The zero-order valence-corrected chi connectivity index (χ0v) is 10.6. The fourth-order valence-corrected chi connectivity index (χ4v) is 2.45. The number of hydrogen-bond donors (Lipinski definition) is 1. The number of aromatic carboxylic acids is 1. The van der Waals surface area contributed by atoms with Gasteiger partial charge in [-0.25, -0.2) is 23.5 Å². The van der Waals surface area contributed by atoms with Crippen LogP contribution >= 0.6 is 11.3 Å². The average molecular weight is 292 g/mol. The molecule has 100 valence electrons. The molecule has 0 spiro atoms. The van der Waals surface area contributed by atoms with Gasteiger partial charge in [0.1, 0.15) is 17.2 Å². The predicted octanol–water partition coefficient (Wildman–Crippen LogP) is 3.33. The second-order valence-electron chi connectivity index (χ2n) is 3.99. The largest absolute Gasteiger partial charge is 0.478 e. The van der Waals surface area contributed by atoms with Crippen LogP contribution < -0.4 is 0 Å². The number of benzene rings is 1. The maximum Gasteiger partial charge on any atom is 0.336 e. The molecule has 0 aliphatic heterocycles. The summed E-state index contributed by atoms with van der Waals surface area (Å²) in [5.74, 6) is -2.95. The van der Waals surface area contributed by atoms with E-state index >= 15 is 0 Å². The van der Waals surface area contributed by atoms with Crippen molar-refractivity contribution in [2.24, 2.45) is 0 Å². The quantitative estimate of drug-likeness (QED) is 0.787. The maximum absolute atomic E-state index is 13.8. The standard InChI is InChI=1S/C13H6F2N2O2S/c14-7-1-2-8(15)12-11(7)6(13(18)19)3-9(17-12)10-4-20-5-16-10/h1-5H,(H,18,19). The van der Waals surface area contributed by atoms with E-state index in [9.17, 15) is 18.7 Å². The third-order valence-corrected chi connectivity index (χ3v) is 3.37. The molecular formula is C13H6F2N2O2S. The minimum absolute atomic E-state index is 0.195. The lowest BCUT2D eigenvalue weighted by Crippen LogP contribution is -2.03. The molecule has 3 rings (SSSR count). The molecule has 0 aliphatic carbocycles. The number of carboxylic acid groups (broad SMARTS) is 1. The first-order valence-electron chi connectivity index (χ1n) is 5.48. The van der Waals surface area contributed by atoms with Crippen LogP contribution in [0.3, 0.4) is 0 Å².